The molecule has 0 saturated heterocycles. The average Bonchev–Trinajstić information content (AvgIpc) is 3.17. The number of hydrogen-bond acceptors (Lipinski definition) is 9. The second-order valence-corrected chi connectivity index (χ2v) is 8.11. The maximum absolute atomic E-state index is 13.1. The number of ether oxygens (including phenoxy) is 5. The monoisotopic (exact) mass is 471 g/mol. The zero-order valence-electron chi connectivity index (χ0n) is 19.1. The Labute approximate surface area is 194 Å². The lowest BCUT2D eigenvalue weighted by Crippen LogP contribution is -2.42. The molecule has 0 amide bonds. The number of nitrogens with zero attached hydrogens (tertiary/aromatic N) is 3. The summed E-state index contributed by atoms with van der Waals surface area (Å²) in [5.41, 5.74) is 1.54. The van der Waals surface area contributed by atoms with Crippen molar-refractivity contribution in [1.82, 2.24) is 4.57 Å². The fourth-order valence-electron chi connectivity index (χ4n) is 3.62. The number of aromatic nitrogens is 1. The fourth-order valence-corrected chi connectivity index (χ4v) is 4.58. The molecule has 0 N–H and O–H groups in total. The highest BCUT2D eigenvalue weighted by Crippen LogP contribution is 2.41. The summed E-state index contributed by atoms with van der Waals surface area (Å²) in [7, 11) is 7.86. The molecule has 0 fully saturated rings. The lowest BCUT2D eigenvalue weighted by Gasteiger charge is -2.27. The van der Waals surface area contributed by atoms with Gasteiger partial charge < -0.3 is 28.6 Å². The number of thiazole rings is 1. The lowest BCUT2D eigenvalue weighted by atomic mass is 10.2. The van der Waals surface area contributed by atoms with Gasteiger partial charge in [-0.25, -0.2) is 4.99 Å². The third kappa shape index (κ3) is 4.21. The van der Waals surface area contributed by atoms with Gasteiger partial charge in [-0.15, -0.1) is 0 Å². The highest BCUT2D eigenvalue weighted by atomic mass is 32.1. The third-order valence-electron chi connectivity index (χ3n) is 5.30. The minimum atomic E-state index is -0.106. The van der Waals surface area contributed by atoms with Crippen molar-refractivity contribution in [3.8, 4) is 28.7 Å². The Morgan fingerprint density at radius 1 is 0.879 bits per heavy atom. The first-order valence-electron chi connectivity index (χ1n) is 10.1. The molecule has 1 aliphatic heterocycles. The summed E-state index contributed by atoms with van der Waals surface area (Å²) >= 11 is 1.36. The largest absolute Gasteiger partial charge is 0.493 e. The molecule has 33 heavy (non-hydrogen) atoms. The van der Waals surface area contributed by atoms with Gasteiger partial charge in [-0.1, -0.05) is 17.4 Å². The van der Waals surface area contributed by atoms with Crippen LogP contribution in [0.2, 0.25) is 0 Å². The summed E-state index contributed by atoms with van der Waals surface area (Å²) in [6.45, 7) is 0.751. The second kappa shape index (κ2) is 9.45. The van der Waals surface area contributed by atoms with Gasteiger partial charge in [-0.05, 0) is 23.8 Å². The SMILES string of the molecule is COc1ccc(C=c2sc3n(c2=O)CN(c2cc(OC)c(OC)c(OC)c2)CN=3)cc1OC. The molecule has 0 unspecified atom stereocenters. The molecule has 1 aliphatic rings. The van der Waals surface area contributed by atoms with Gasteiger partial charge in [0.05, 0.1) is 40.1 Å². The predicted octanol–water partition coefficient (Wildman–Crippen LogP) is 1.84. The van der Waals surface area contributed by atoms with Gasteiger partial charge in [0.2, 0.25) is 5.75 Å². The summed E-state index contributed by atoms with van der Waals surface area (Å²) in [6, 6.07) is 9.21. The van der Waals surface area contributed by atoms with Crippen molar-refractivity contribution in [2.24, 2.45) is 4.99 Å². The highest BCUT2D eigenvalue weighted by Gasteiger charge is 2.20. The molecule has 3 aromatic rings. The summed E-state index contributed by atoms with van der Waals surface area (Å²) in [6.07, 6.45) is 1.83. The minimum Gasteiger partial charge on any atom is -0.493 e. The van der Waals surface area contributed by atoms with Crippen LogP contribution in [0.15, 0.2) is 40.1 Å². The minimum absolute atomic E-state index is 0.106. The predicted molar refractivity (Wildman–Crippen MR) is 126 cm³/mol. The first-order valence-corrected chi connectivity index (χ1v) is 10.9. The van der Waals surface area contributed by atoms with Crippen molar-refractivity contribution in [1.29, 1.82) is 0 Å². The zero-order chi connectivity index (χ0) is 23.5. The van der Waals surface area contributed by atoms with E-state index in [-0.39, 0.29) is 5.56 Å². The first-order chi connectivity index (χ1) is 16.0. The maximum Gasteiger partial charge on any atom is 0.271 e. The summed E-state index contributed by atoms with van der Waals surface area (Å²) in [5.74, 6) is 2.83. The molecule has 0 saturated carbocycles. The standard InChI is InChI=1S/C23H25N3O6S/c1-28-16-7-6-14(8-17(16)29-2)9-20-22(27)26-13-25(12-24-23(26)33-20)15-10-18(30-3)21(32-5)19(11-15)31-4/h6-11H,12-13H2,1-5H3. The van der Waals surface area contributed by atoms with Crippen LogP contribution in [0.5, 0.6) is 28.7 Å². The maximum atomic E-state index is 13.1. The summed E-state index contributed by atoms with van der Waals surface area (Å²) in [5, 5.41) is 0. The number of benzene rings is 2. The van der Waals surface area contributed by atoms with E-state index in [9.17, 15) is 4.79 Å². The molecule has 0 bridgehead atoms. The van der Waals surface area contributed by atoms with E-state index in [1.807, 2.05) is 41.3 Å². The fraction of sp³-hybridized carbons (Fsp3) is 0.304. The van der Waals surface area contributed by atoms with Crippen LogP contribution in [0.4, 0.5) is 5.69 Å². The molecule has 0 aliphatic carbocycles. The number of fused-ring (bicyclic) bond motifs is 1. The number of rotatable bonds is 7. The third-order valence-corrected chi connectivity index (χ3v) is 6.34. The average molecular weight is 472 g/mol. The van der Waals surface area contributed by atoms with Gasteiger partial charge in [0.25, 0.3) is 5.56 Å². The van der Waals surface area contributed by atoms with E-state index < -0.39 is 0 Å². The van der Waals surface area contributed by atoms with Crippen LogP contribution in [0.3, 0.4) is 0 Å². The van der Waals surface area contributed by atoms with E-state index in [2.05, 4.69) is 4.99 Å². The van der Waals surface area contributed by atoms with Crippen molar-refractivity contribution < 1.29 is 23.7 Å². The molecule has 2 heterocycles. The molecule has 174 valence electrons. The molecular formula is C23H25N3O6S. The van der Waals surface area contributed by atoms with Gasteiger partial charge in [0.1, 0.15) is 13.3 Å². The molecule has 1 aromatic heterocycles. The Hall–Kier alpha value is -3.66. The van der Waals surface area contributed by atoms with Crippen LogP contribution >= 0.6 is 11.3 Å². The Kier molecular flexibility index (Phi) is 6.45. The van der Waals surface area contributed by atoms with E-state index in [0.717, 1.165) is 11.3 Å². The van der Waals surface area contributed by atoms with Gasteiger partial charge in [-0.3, -0.25) is 9.36 Å². The Bertz CT molecular complexity index is 1320. The summed E-state index contributed by atoms with van der Waals surface area (Å²) in [4.78, 5) is 20.4. The molecule has 10 heteroatoms. The van der Waals surface area contributed by atoms with Gasteiger partial charge >= 0.3 is 0 Å². The van der Waals surface area contributed by atoms with Crippen molar-refractivity contribution in [2.45, 2.75) is 6.67 Å². The van der Waals surface area contributed by atoms with Gasteiger partial charge in [0, 0.05) is 17.8 Å². The molecule has 4 rings (SSSR count). The molecule has 9 nitrogen and oxygen atoms in total. The van der Waals surface area contributed by atoms with Crippen LogP contribution in [-0.4, -0.2) is 46.8 Å². The van der Waals surface area contributed by atoms with E-state index in [1.54, 1.807) is 40.1 Å². The Morgan fingerprint density at radius 2 is 1.55 bits per heavy atom. The van der Waals surface area contributed by atoms with Gasteiger partial charge in [0.15, 0.2) is 27.8 Å². The number of hydrogen-bond donors (Lipinski definition) is 0. The summed E-state index contributed by atoms with van der Waals surface area (Å²) < 4.78 is 29.2. The highest BCUT2D eigenvalue weighted by molar-refractivity contribution is 7.07. The van der Waals surface area contributed by atoms with E-state index in [4.69, 9.17) is 23.7 Å². The van der Waals surface area contributed by atoms with Crippen LogP contribution in [0.25, 0.3) is 6.08 Å². The van der Waals surface area contributed by atoms with E-state index >= 15 is 0 Å². The number of methoxy groups -OCH3 is 5. The van der Waals surface area contributed by atoms with Crippen molar-refractivity contribution in [2.75, 3.05) is 47.1 Å². The van der Waals surface area contributed by atoms with E-state index in [1.165, 1.54) is 11.3 Å². The van der Waals surface area contributed by atoms with Crippen LogP contribution in [0.1, 0.15) is 5.56 Å². The molecule has 2 aromatic carbocycles. The van der Waals surface area contributed by atoms with Crippen LogP contribution in [-0.2, 0) is 6.67 Å². The van der Waals surface area contributed by atoms with Crippen molar-refractivity contribution >= 4 is 23.1 Å². The normalized spacial score (nSPS) is 13.2. The second-order valence-electron chi connectivity index (χ2n) is 7.11. The van der Waals surface area contributed by atoms with Crippen molar-refractivity contribution in [3.05, 3.63) is 55.6 Å². The molecular weight excluding hydrogens is 446 g/mol. The van der Waals surface area contributed by atoms with Gasteiger partial charge in [-0.2, -0.15) is 0 Å². The van der Waals surface area contributed by atoms with Crippen molar-refractivity contribution in [3.63, 3.8) is 0 Å². The molecule has 0 spiro atoms. The Balaban J connectivity index is 1.70. The van der Waals surface area contributed by atoms with E-state index in [0.29, 0.717) is 51.4 Å². The van der Waals surface area contributed by atoms with Crippen LogP contribution in [0, 0.1) is 0 Å². The molecule has 0 radical (unpaired) electrons. The molecule has 0 atom stereocenters. The Morgan fingerprint density at radius 3 is 2.15 bits per heavy atom. The smallest absolute Gasteiger partial charge is 0.271 e. The van der Waals surface area contributed by atoms with Crippen LogP contribution < -0.4 is 43.5 Å². The lowest BCUT2D eigenvalue weighted by molar-refractivity contribution is 0.324. The zero-order valence-corrected chi connectivity index (χ0v) is 19.9. The topological polar surface area (TPSA) is 83.8 Å². The number of anilines is 1. The quantitative estimate of drug-likeness (QED) is 0.520. The first kappa shape index (κ1) is 22.5.